The molecule has 6 heteroatoms. The molecule has 0 saturated heterocycles. The van der Waals surface area contributed by atoms with Gasteiger partial charge in [-0.15, -0.1) is 0 Å². The average molecular weight is 280 g/mol. The first kappa shape index (κ1) is 13.6. The van der Waals surface area contributed by atoms with Crippen LogP contribution in [0, 0.1) is 5.92 Å². The van der Waals surface area contributed by atoms with Crippen molar-refractivity contribution in [2.75, 3.05) is 0 Å². The van der Waals surface area contributed by atoms with E-state index in [9.17, 15) is 13.2 Å². The molecule has 1 aromatic carbocycles. The summed E-state index contributed by atoms with van der Waals surface area (Å²) in [6.45, 7) is 3.93. The number of H-pyrrole nitrogens is 2. The predicted molar refractivity (Wildman–Crippen MR) is 71.8 cm³/mol. The molecule has 0 aliphatic rings. The summed E-state index contributed by atoms with van der Waals surface area (Å²) in [6.07, 6.45) is 0.500. The van der Waals surface area contributed by atoms with Crippen LogP contribution in [0.25, 0.3) is 0 Å². The lowest BCUT2D eigenvalue weighted by molar-refractivity contribution is 0.588. The molecular formula is C13H16N2O3S. The van der Waals surface area contributed by atoms with E-state index >= 15 is 0 Å². The number of hydrogen-bond acceptors (Lipinski definition) is 3. The van der Waals surface area contributed by atoms with Gasteiger partial charge in [-0.2, -0.15) is 0 Å². The fourth-order valence-corrected chi connectivity index (χ4v) is 3.44. The van der Waals surface area contributed by atoms with Gasteiger partial charge in [-0.3, -0.25) is 9.89 Å². The molecule has 1 aromatic heterocycles. The van der Waals surface area contributed by atoms with Crippen LogP contribution in [0.3, 0.4) is 0 Å². The number of aromatic nitrogens is 2. The Labute approximate surface area is 111 Å². The van der Waals surface area contributed by atoms with Crippen molar-refractivity contribution in [2.45, 2.75) is 30.1 Å². The van der Waals surface area contributed by atoms with Crippen molar-refractivity contribution >= 4 is 9.84 Å². The van der Waals surface area contributed by atoms with Crippen LogP contribution in [0.1, 0.15) is 19.5 Å². The molecule has 1 heterocycles. The van der Waals surface area contributed by atoms with Crippen molar-refractivity contribution in [1.29, 1.82) is 0 Å². The average Bonchev–Trinajstić information content (AvgIpc) is 2.71. The summed E-state index contributed by atoms with van der Waals surface area (Å²) >= 11 is 0. The second kappa shape index (κ2) is 5.05. The van der Waals surface area contributed by atoms with Crippen LogP contribution in [-0.4, -0.2) is 18.6 Å². The van der Waals surface area contributed by atoms with E-state index in [1.54, 1.807) is 18.2 Å². The van der Waals surface area contributed by atoms with Crippen LogP contribution in [0.15, 0.2) is 44.9 Å². The third kappa shape index (κ3) is 2.63. The second-order valence-corrected chi connectivity index (χ2v) is 6.69. The maximum atomic E-state index is 12.5. The van der Waals surface area contributed by atoms with E-state index in [1.165, 1.54) is 12.1 Å². The number of hydrogen-bond donors (Lipinski definition) is 2. The quantitative estimate of drug-likeness (QED) is 0.894. The zero-order chi connectivity index (χ0) is 14.0. The summed E-state index contributed by atoms with van der Waals surface area (Å²) in [4.78, 5) is 11.7. The van der Waals surface area contributed by atoms with Crippen LogP contribution in [0.5, 0.6) is 0 Å². The van der Waals surface area contributed by atoms with Gasteiger partial charge in [0.15, 0.2) is 4.90 Å². The SMILES string of the molecule is CC(C)Cc1[nH][nH]c(=O)c1S(=O)(=O)c1ccccc1. The first-order valence-electron chi connectivity index (χ1n) is 6.02. The van der Waals surface area contributed by atoms with Crippen LogP contribution < -0.4 is 5.56 Å². The fraction of sp³-hybridized carbons (Fsp3) is 0.308. The molecule has 0 saturated carbocycles. The van der Waals surface area contributed by atoms with Gasteiger partial charge in [0, 0.05) is 0 Å². The highest BCUT2D eigenvalue weighted by Crippen LogP contribution is 2.21. The summed E-state index contributed by atoms with van der Waals surface area (Å²) in [7, 11) is -3.78. The van der Waals surface area contributed by atoms with E-state index in [1.807, 2.05) is 13.8 Å². The van der Waals surface area contributed by atoms with Gasteiger partial charge in [-0.1, -0.05) is 32.0 Å². The topological polar surface area (TPSA) is 82.8 Å². The Balaban J connectivity index is 2.59. The third-order valence-electron chi connectivity index (χ3n) is 2.74. The summed E-state index contributed by atoms with van der Waals surface area (Å²) in [5.74, 6) is 0.246. The van der Waals surface area contributed by atoms with Gasteiger partial charge < -0.3 is 5.10 Å². The van der Waals surface area contributed by atoms with Gasteiger partial charge >= 0.3 is 0 Å². The molecule has 0 spiro atoms. The molecule has 0 bridgehead atoms. The molecule has 2 rings (SSSR count). The highest BCUT2D eigenvalue weighted by atomic mass is 32.2. The van der Waals surface area contributed by atoms with Crippen LogP contribution in [-0.2, 0) is 16.3 Å². The lowest BCUT2D eigenvalue weighted by atomic mass is 10.1. The summed E-state index contributed by atoms with van der Waals surface area (Å²) in [6, 6.07) is 7.98. The van der Waals surface area contributed by atoms with Crippen molar-refractivity contribution < 1.29 is 8.42 Å². The van der Waals surface area contributed by atoms with E-state index in [-0.39, 0.29) is 15.7 Å². The number of sulfone groups is 1. The molecule has 0 atom stereocenters. The molecular weight excluding hydrogens is 264 g/mol. The standard InChI is InChI=1S/C13H16N2O3S/c1-9(2)8-11-12(13(16)15-14-11)19(17,18)10-6-4-3-5-7-10/h3-7,9H,8H2,1-2H3,(H2,14,15,16). The molecule has 0 aliphatic heterocycles. The van der Waals surface area contributed by atoms with Gasteiger partial charge in [-0.05, 0) is 24.5 Å². The lowest BCUT2D eigenvalue weighted by Crippen LogP contribution is -2.15. The molecule has 2 aromatic rings. The van der Waals surface area contributed by atoms with Gasteiger partial charge in [0.2, 0.25) is 9.84 Å². The first-order valence-corrected chi connectivity index (χ1v) is 7.51. The Bertz CT molecular complexity index is 712. The Hall–Kier alpha value is -1.82. The fourth-order valence-electron chi connectivity index (χ4n) is 1.94. The van der Waals surface area contributed by atoms with E-state index in [0.29, 0.717) is 12.1 Å². The number of benzene rings is 1. The minimum absolute atomic E-state index is 0.130. The monoisotopic (exact) mass is 280 g/mol. The molecule has 19 heavy (non-hydrogen) atoms. The number of rotatable bonds is 4. The number of nitrogens with one attached hydrogen (secondary N) is 2. The maximum absolute atomic E-state index is 12.5. The van der Waals surface area contributed by atoms with Crippen molar-refractivity contribution in [1.82, 2.24) is 10.2 Å². The highest BCUT2D eigenvalue weighted by Gasteiger charge is 2.26. The summed E-state index contributed by atoms with van der Waals surface area (Å²) < 4.78 is 25.0. The third-order valence-corrected chi connectivity index (χ3v) is 4.60. The minimum Gasteiger partial charge on any atom is -0.301 e. The number of aromatic amines is 2. The van der Waals surface area contributed by atoms with E-state index in [0.717, 1.165) is 0 Å². The Kier molecular flexibility index (Phi) is 3.61. The van der Waals surface area contributed by atoms with Gasteiger partial charge in [0.25, 0.3) is 5.56 Å². The van der Waals surface area contributed by atoms with Crippen LogP contribution >= 0.6 is 0 Å². The molecule has 0 amide bonds. The normalized spacial score (nSPS) is 11.9. The molecule has 0 aliphatic carbocycles. The zero-order valence-electron chi connectivity index (χ0n) is 10.8. The Morgan fingerprint density at radius 2 is 1.74 bits per heavy atom. The van der Waals surface area contributed by atoms with E-state index in [4.69, 9.17) is 0 Å². The van der Waals surface area contributed by atoms with Crippen molar-refractivity contribution in [3.63, 3.8) is 0 Å². The van der Waals surface area contributed by atoms with Crippen molar-refractivity contribution in [3.8, 4) is 0 Å². The summed E-state index contributed by atoms with van der Waals surface area (Å²) in [5, 5.41) is 5.02. The minimum atomic E-state index is -3.78. The van der Waals surface area contributed by atoms with Crippen LogP contribution in [0.4, 0.5) is 0 Å². The molecule has 0 radical (unpaired) electrons. The second-order valence-electron chi connectivity index (χ2n) is 4.80. The van der Waals surface area contributed by atoms with Crippen molar-refractivity contribution in [3.05, 3.63) is 46.4 Å². The molecule has 0 fully saturated rings. The van der Waals surface area contributed by atoms with Gasteiger partial charge in [0.05, 0.1) is 10.6 Å². The van der Waals surface area contributed by atoms with Crippen molar-refractivity contribution in [2.24, 2.45) is 5.92 Å². The predicted octanol–water partition coefficient (Wildman–Crippen LogP) is 1.73. The van der Waals surface area contributed by atoms with Crippen LogP contribution in [0.2, 0.25) is 0 Å². The zero-order valence-corrected chi connectivity index (χ0v) is 11.6. The van der Waals surface area contributed by atoms with Gasteiger partial charge in [0.1, 0.15) is 0 Å². The van der Waals surface area contributed by atoms with E-state index in [2.05, 4.69) is 10.2 Å². The van der Waals surface area contributed by atoms with E-state index < -0.39 is 15.4 Å². The molecule has 5 nitrogen and oxygen atoms in total. The molecule has 2 N–H and O–H groups in total. The summed E-state index contributed by atoms with van der Waals surface area (Å²) in [5.41, 5.74) is -0.164. The smallest absolute Gasteiger partial charge is 0.283 e. The molecule has 0 unspecified atom stereocenters. The highest BCUT2D eigenvalue weighted by molar-refractivity contribution is 7.91. The Morgan fingerprint density at radius 1 is 1.11 bits per heavy atom. The first-order chi connectivity index (χ1) is 8.93. The maximum Gasteiger partial charge on any atom is 0.283 e. The largest absolute Gasteiger partial charge is 0.301 e. The lowest BCUT2D eigenvalue weighted by Gasteiger charge is -2.06. The van der Waals surface area contributed by atoms with Gasteiger partial charge in [-0.25, -0.2) is 8.42 Å². The Morgan fingerprint density at radius 3 is 2.32 bits per heavy atom. The molecule has 102 valence electrons.